The van der Waals surface area contributed by atoms with Gasteiger partial charge in [-0.1, -0.05) is 25.5 Å². The summed E-state index contributed by atoms with van der Waals surface area (Å²) in [6.07, 6.45) is 4.80. The Morgan fingerprint density at radius 3 is 2.44 bits per heavy atom. The van der Waals surface area contributed by atoms with Gasteiger partial charge in [0.25, 0.3) is 0 Å². The fraction of sp³-hybridized carbons (Fsp3) is 0.875. The Bertz CT molecular complexity index is 332. The van der Waals surface area contributed by atoms with E-state index in [2.05, 4.69) is 47.6 Å². The highest BCUT2D eigenvalue weighted by atomic mass is 16.7. The van der Waals surface area contributed by atoms with Crippen LogP contribution in [0.3, 0.4) is 0 Å². The fourth-order valence-corrected chi connectivity index (χ4v) is 3.84. The third-order valence-corrected chi connectivity index (χ3v) is 4.35. The first-order valence-electron chi connectivity index (χ1n) is 7.29. The molecule has 0 radical (unpaired) electrons. The minimum absolute atomic E-state index is 0.0434. The molecule has 2 heteroatoms. The Kier molecular flexibility index (Phi) is 3.89. The molecule has 0 bridgehead atoms. The molecule has 1 aliphatic carbocycles. The van der Waals surface area contributed by atoms with Crippen molar-refractivity contribution in [3.05, 3.63) is 11.6 Å². The van der Waals surface area contributed by atoms with E-state index in [0.717, 1.165) is 6.42 Å². The molecular formula is C16H28O2. The molecule has 1 heterocycles. The van der Waals surface area contributed by atoms with Gasteiger partial charge in [-0.25, -0.2) is 0 Å². The van der Waals surface area contributed by atoms with E-state index in [1.54, 1.807) is 0 Å². The maximum absolute atomic E-state index is 6.21. The van der Waals surface area contributed by atoms with E-state index in [-0.39, 0.29) is 11.9 Å². The molecule has 2 nitrogen and oxygen atoms in total. The van der Waals surface area contributed by atoms with E-state index in [1.807, 2.05) is 0 Å². The minimum atomic E-state index is -0.0576. The van der Waals surface area contributed by atoms with Crippen molar-refractivity contribution in [2.45, 2.75) is 72.4 Å². The van der Waals surface area contributed by atoms with Gasteiger partial charge in [-0.15, -0.1) is 0 Å². The summed E-state index contributed by atoms with van der Waals surface area (Å²) in [6.45, 7) is 13.4. The van der Waals surface area contributed by atoms with Gasteiger partial charge < -0.3 is 9.47 Å². The van der Waals surface area contributed by atoms with Crippen LogP contribution in [-0.4, -0.2) is 18.0 Å². The third kappa shape index (κ3) is 2.97. The second kappa shape index (κ2) is 4.97. The number of allylic oxidation sites excluding steroid dienone is 2. The molecule has 0 aromatic rings. The van der Waals surface area contributed by atoms with Crippen LogP contribution in [0.1, 0.15) is 54.4 Å². The summed E-state index contributed by atoms with van der Waals surface area (Å²) >= 11 is 0. The van der Waals surface area contributed by atoms with Crippen LogP contribution in [0.15, 0.2) is 11.6 Å². The van der Waals surface area contributed by atoms with Crippen molar-refractivity contribution in [3.8, 4) is 0 Å². The van der Waals surface area contributed by atoms with Gasteiger partial charge in [0.05, 0.1) is 11.7 Å². The van der Waals surface area contributed by atoms with Crippen molar-refractivity contribution in [3.63, 3.8) is 0 Å². The monoisotopic (exact) mass is 252 g/mol. The average molecular weight is 252 g/mol. The zero-order chi connectivity index (χ0) is 13.5. The minimum Gasteiger partial charge on any atom is -0.349 e. The molecule has 0 spiro atoms. The molecule has 0 aromatic heterocycles. The average Bonchev–Trinajstić information content (AvgIpc) is 2.11. The lowest BCUT2D eigenvalue weighted by Crippen LogP contribution is -2.49. The zero-order valence-electron chi connectivity index (χ0n) is 12.7. The van der Waals surface area contributed by atoms with Gasteiger partial charge in [-0.3, -0.25) is 0 Å². The summed E-state index contributed by atoms with van der Waals surface area (Å²) in [5.74, 6) is 1.66. The van der Waals surface area contributed by atoms with E-state index >= 15 is 0 Å². The van der Waals surface area contributed by atoms with Crippen molar-refractivity contribution in [1.82, 2.24) is 0 Å². The number of hydrogen-bond acceptors (Lipinski definition) is 2. The molecule has 0 N–H and O–H groups in total. The summed E-state index contributed by atoms with van der Waals surface area (Å²) in [5, 5.41) is 0. The lowest BCUT2D eigenvalue weighted by Gasteiger charge is -2.46. The first kappa shape index (κ1) is 14.1. The summed E-state index contributed by atoms with van der Waals surface area (Å²) < 4.78 is 12.3. The maximum atomic E-state index is 6.21. The van der Waals surface area contributed by atoms with Crippen LogP contribution in [0.5, 0.6) is 0 Å². The van der Waals surface area contributed by atoms with Crippen LogP contribution in [0.2, 0.25) is 0 Å². The molecule has 0 aromatic carbocycles. The van der Waals surface area contributed by atoms with Gasteiger partial charge in [0.2, 0.25) is 0 Å². The lowest BCUT2D eigenvalue weighted by molar-refractivity contribution is -0.296. The highest BCUT2D eigenvalue weighted by molar-refractivity contribution is 5.09. The smallest absolute Gasteiger partial charge is 0.162 e. The molecule has 2 rings (SSSR count). The molecule has 1 aliphatic heterocycles. The van der Waals surface area contributed by atoms with Crippen LogP contribution < -0.4 is 0 Å². The highest BCUT2D eigenvalue weighted by Gasteiger charge is 2.42. The number of hydrogen-bond donors (Lipinski definition) is 0. The first-order valence-corrected chi connectivity index (χ1v) is 7.29. The second-order valence-electron chi connectivity index (χ2n) is 7.03. The van der Waals surface area contributed by atoms with Crippen molar-refractivity contribution in [2.24, 2.45) is 17.8 Å². The predicted octanol–water partition coefficient (Wildman–Crippen LogP) is 4.15. The Hall–Kier alpha value is -0.340. The van der Waals surface area contributed by atoms with E-state index in [9.17, 15) is 0 Å². The predicted molar refractivity (Wildman–Crippen MR) is 74.3 cm³/mol. The maximum Gasteiger partial charge on any atom is 0.162 e. The molecule has 0 amide bonds. The number of ether oxygens (including phenoxy) is 2. The summed E-state index contributed by atoms with van der Waals surface area (Å²) in [7, 11) is 0. The molecular weight excluding hydrogens is 224 g/mol. The largest absolute Gasteiger partial charge is 0.349 e. The van der Waals surface area contributed by atoms with Crippen molar-refractivity contribution < 1.29 is 9.47 Å². The van der Waals surface area contributed by atoms with Gasteiger partial charge in [0.1, 0.15) is 0 Å². The van der Waals surface area contributed by atoms with Crippen LogP contribution in [0.25, 0.3) is 0 Å². The first-order chi connectivity index (χ1) is 8.28. The summed E-state index contributed by atoms with van der Waals surface area (Å²) in [5.41, 5.74) is 1.45. The third-order valence-electron chi connectivity index (χ3n) is 4.35. The van der Waals surface area contributed by atoms with E-state index in [1.165, 1.54) is 12.0 Å². The molecule has 1 saturated heterocycles. The molecule has 0 saturated carbocycles. The summed E-state index contributed by atoms with van der Waals surface area (Å²) in [4.78, 5) is 0. The lowest BCUT2D eigenvalue weighted by atomic mass is 9.74. The van der Waals surface area contributed by atoms with Gasteiger partial charge in [0.15, 0.2) is 6.29 Å². The van der Waals surface area contributed by atoms with E-state index in [4.69, 9.17) is 9.47 Å². The molecule has 18 heavy (non-hydrogen) atoms. The molecule has 2 aliphatic rings. The van der Waals surface area contributed by atoms with Crippen molar-refractivity contribution in [2.75, 3.05) is 0 Å². The fourth-order valence-electron chi connectivity index (χ4n) is 3.84. The molecule has 5 atom stereocenters. The quantitative estimate of drug-likeness (QED) is 0.653. The van der Waals surface area contributed by atoms with Gasteiger partial charge >= 0.3 is 0 Å². The van der Waals surface area contributed by atoms with Crippen molar-refractivity contribution in [1.29, 1.82) is 0 Å². The molecule has 0 unspecified atom stereocenters. The Balaban J connectivity index is 2.15. The van der Waals surface area contributed by atoms with Crippen LogP contribution in [-0.2, 0) is 9.47 Å². The Morgan fingerprint density at radius 1 is 1.22 bits per heavy atom. The summed E-state index contributed by atoms with van der Waals surface area (Å²) in [6, 6.07) is 0. The SMILES string of the molecule is CC1=C[C@@H](C)[C@H]([C@H]2O[C@@H](C)CC(C)(C)O2)[C@@H](C)C1. The van der Waals surface area contributed by atoms with Crippen molar-refractivity contribution >= 4 is 0 Å². The number of rotatable bonds is 1. The zero-order valence-corrected chi connectivity index (χ0v) is 12.7. The molecule has 104 valence electrons. The standard InChI is InChI=1S/C16H28O2/c1-10-7-11(2)14(12(3)8-10)15-17-13(4)9-16(5,6)18-15/h7,11-15H,8-9H2,1-6H3/t11-,12+,13+,14+,15+/m1/s1. The second-order valence-corrected chi connectivity index (χ2v) is 7.03. The van der Waals surface area contributed by atoms with Gasteiger partial charge in [-0.05, 0) is 46.0 Å². The topological polar surface area (TPSA) is 18.5 Å². The van der Waals surface area contributed by atoms with Gasteiger partial charge in [0, 0.05) is 12.3 Å². The Labute approximate surface area is 112 Å². The van der Waals surface area contributed by atoms with E-state index in [0.29, 0.717) is 23.9 Å². The highest BCUT2D eigenvalue weighted by Crippen LogP contribution is 2.41. The normalized spacial score (nSPS) is 44.6. The van der Waals surface area contributed by atoms with Crippen LogP contribution in [0.4, 0.5) is 0 Å². The van der Waals surface area contributed by atoms with Crippen LogP contribution >= 0.6 is 0 Å². The van der Waals surface area contributed by atoms with Crippen LogP contribution in [0, 0.1) is 17.8 Å². The van der Waals surface area contributed by atoms with Gasteiger partial charge in [-0.2, -0.15) is 0 Å². The van der Waals surface area contributed by atoms with E-state index < -0.39 is 0 Å². The Morgan fingerprint density at radius 2 is 1.89 bits per heavy atom. The molecule has 1 fully saturated rings.